The van der Waals surface area contributed by atoms with Gasteiger partial charge in [0, 0.05) is 6.54 Å². The van der Waals surface area contributed by atoms with Crippen LogP contribution in [0.25, 0.3) is 0 Å². The zero-order chi connectivity index (χ0) is 10.7. The molecule has 0 spiro atoms. The Morgan fingerprint density at radius 3 is 2.53 bits per heavy atom. The molecule has 1 aromatic carbocycles. The van der Waals surface area contributed by atoms with E-state index in [-0.39, 0.29) is 0 Å². The van der Waals surface area contributed by atoms with Crippen LogP contribution < -0.4 is 0 Å². The van der Waals surface area contributed by atoms with Crippen LogP contribution in [0.5, 0.6) is 0 Å². The first-order valence-corrected chi connectivity index (χ1v) is 5.35. The van der Waals surface area contributed by atoms with Gasteiger partial charge in [0.15, 0.2) is 5.16 Å². The molecule has 15 heavy (non-hydrogen) atoms. The van der Waals surface area contributed by atoms with Crippen LogP contribution in [-0.2, 0) is 13.0 Å². The second-order valence-corrected chi connectivity index (χ2v) is 3.83. The third-order valence-corrected chi connectivity index (χ3v) is 2.71. The van der Waals surface area contributed by atoms with Gasteiger partial charge in [-0.05, 0) is 18.9 Å². The van der Waals surface area contributed by atoms with Crippen LogP contribution in [0, 0.1) is 6.92 Å². The highest BCUT2D eigenvalue weighted by molar-refractivity contribution is 7.80. The summed E-state index contributed by atoms with van der Waals surface area (Å²) in [5, 5.41) is 8.55. The summed E-state index contributed by atoms with van der Waals surface area (Å²) < 4.78 is 2.01. The summed E-state index contributed by atoms with van der Waals surface area (Å²) in [6, 6.07) is 10.4. The van der Waals surface area contributed by atoms with Gasteiger partial charge in [0.25, 0.3) is 0 Å². The molecular weight excluding hydrogens is 206 g/mol. The minimum atomic E-state index is 0.684. The number of aromatic nitrogens is 3. The van der Waals surface area contributed by atoms with Crippen LogP contribution in [0.15, 0.2) is 35.5 Å². The lowest BCUT2D eigenvalue weighted by Gasteiger charge is -2.05. The van der Waals surface area contributed by atoms with Crippen molar-refractivity contribution in [1.82, 2.24) is 14.8 Å². The quantitative estimate of drug-likeness (QED) is 0.802. The van der Waals surface area contributed by atoms with Gasteiger partial charge >= 0.3 is 0 Å². The topological polar surface area (TPSA) is 30.7 Å². The summed E-state index contributed by atoms with van der Waals surface area (Å²) in [7, 11) is 0. The maximum Gasteiger partial charge on any atom is 0.188 e. The maximum atomic E-state index is 4.25. The van der Waals surface area contributed by atoms with E-state index in [1.165, 1.54) is 5.56 Å². The normalized spacial score (nSPS) is 10.5. The Morgan fingerprint density at radius 1 is 1.20 bits per heavy atom. The van der Waals surface area contributed by atoms with Crippen molar-refractivity contribution in [2.75, 3.05) is 0 Å². The van der Waals surface area contributed by atoms with E-state index >= 15 is 0 Å². The lowest BCUT2D eigenvalue weighted by molar-refractivity contribution is 0.619. The molecule has 78 valence electrons. The average Bonchev–Trinajstić information content (AvgIpc) is 2.58. The molecule has 0 radical (unpaired) electrons. The van der Waals surface area contributed by atoms with E-state index in [1.54, 1.807) is 0 Å². The zero-order valence-corrected chi connectivity index (χ0v) is 9.48. The fourth-order valence-corrected chi connectivity index (χ4v) is 1.81. The van der Waals surface area contributed by atoms with Gasteiger partial charge in [-0.15, -0.1) is 22.8 Å². The van der Waals surface area contributed by atoms with Crippen molar-refractivity contribution in [1.29, 1.82) is 0 Å². The monoisotopic (exact) mass is 219 g/mol. The van der Waals surface area contributed by atoms with E-state index in [4.69, 9.17) is 0 Å². The Balaban J connectivity index is 2.05. The number of hydrogen-bond donors (Lipinski definition) is 1. The van der Waals surface area contributed by atoms with Gasteiger partial charge in [-0.2, -0.15) is 0 Å². The lowest BCUT2D eigenvalue weighted by atomic mass is 10.1. The molecule has 0 saturated carbocycles. The maximum absolute atomic E-state index is 4.25. The van der Waals surface area contributed by atoms with Gasteiger partial charge in [0.05, 0.1) is 0 Å². The van der Waals surface area contributed by atoms with Gasteiger partial charge in [-0.3, -0.25) is 0 Å². The molecule has 1 aromatic heterocycles. The molecule has 2 aromatic rings. The van der Waals surface area contributed by atoms with E-state index in [1.807, 2.05) is 17.6 Å². The first kappa shape index (κ1) is 10.2. The molecule has 3 nitrogen and oxygen atoms in total. The third-order valence-electron chi connectivity index (χ3n) is 2.38. The van der Waals surface area contributed by atoms with Crippen LogP contribution in [0.1, 0.15) is 11.4 Å². The van der Waals surface area contributed by atoms with Gasteiger partial charge < -0.3 is 4.57 Å². The fourth-order valence-electron chi connectivity index (χ4n) is 1.52. The van der Waals surface area contributed by atoms with E-state index in [9.17, 15) is 0 Å². The fraction of sp³-hybridized carbons (Fsp3) is 0.273. The highest BCUT2D eigenvalue weighted by Gasteiger charge is 2.04. The number of aryl methyl sites for hydroxylation is 2. The molecule has 0 bridgehead atoms. The number of hydrogen-bond acceptors (Lipinski definition) is 3. The summed E-state index contributed by atoms with van der Waals surface area (Å²) >= 11 is 4.25. The largest absolute Gasteiger partial charge is 0.306 e. The van der Waals surface area contributed by atoms with Crippen molar-refractivity contribution in [2.24, 2.45) is 0 Å². The average molecular weight is 219 g/mol. The minimum Gasteiger partial charge on any atom is -0.306 e. The van der Waals surface area contributed by atoms with Crippen LogP contribution in [0.2, 0.25) is 0 Å². The summed E-state index contributed by atoms with van der Waals surface area (Å²) in [4.78, 5) is 0. The molecule has 0 N–H and O–H groups in total. The first-order chi connectivity index (χ1) is 7.27. The van der Waals surface area contributed by atoms with Crippen molar-refractivity contribution in [3.05, 3.63) is 41.7 Å². The second kappa shape index (κ2) is 4.49. The smallest absolute Gasteiger partial charge is 0.188 e. The van der Waals surface area contributed by atoms with E-state index in [0.29, 0.717) is 5.16 Å². The Labute approximate surface area is 94.6 Å². The lowest BCUT2D eigenvalue weighted by Crippen LogP contribution is -2.04. The van der Waals surface area contributed by atoms with Gasteiger partial charge in [-0.25, -0.2) is 0 Å². The highest BCUT2D eigenvalue weighted by atomic mass is 32.1. The Morgan fingerprint density at radius 2 is 1.93 bits per heavy atom. The summed E-state index contributed by atoms with van der Waals surface area (Å²) in [5.74, 6) is 0.913. The molecule has 0 aliphatic carbocycles. The number of rotatable bonds is 3. The van der Waals surface area contributed by atoms with Gasteiger partial charge in [0.1, 0.15) is 5.82 Å². The highest BCUT2D eigenvalue weighted by Crippen LogP contribution is 2.08. The Kier molecular flexibility index (Phi) is 3.06. The predicted molar refractivity (Wildman–Crippen MR) is 62.2 cm³/mol. The third kappa shape index (κ3) is 2.39. The van der Waals surface area contributed by atoms with E-state index in [0.717, 1.165) is 18.8 Å². The number of nitrogens with zero attached hydrogens (tertiary/aromatic N) is 3. The molecule has 0 fully saturated rings. The molecule has 4 heteroatoms. The molecule has 0 unspecified atom stereocenters. The SMILES string of the molecule is Cc1nnc(S)n1CCc1ccccc1. The molecule has 0 aliphatic rings. The van der Waals surface area contributed by atoms with Crippen molar-refractivity contribution in [2.45, 2.75) is 25.0 Å². The standard InChI is InChI=1S/C11H13N3S/c1-9-12-13-11(15)14(9)8-7-10-5-3-2-4-6-10/h2-6H,7-8H2,1H3,(H,13,15). The summed E-state index contributed by atoms with van der Waals surface area (Å²) in [6.07, 6.45) is 0.979. The molecule has 0 amide bonds. The molecule has 0 aliphatic heterocycles. The predicted octanol–water partition coefficient (Wildman–Crippen LogP) is 2.12. The Bertz CT molecular complexity index is 417. The van der Waals surface area contributed by atoms with Gasteiger partial charge in [-0.1, -0.05) is 30.3 Å². The van der Waals surface area contributed by atoms with E-state index in [2.05, 4.69) is 47.1 Å². The van der Waals surface area contributed by atoms with Crippen LogP contribution in [0.3, 0.4) is 0 Å². The van der Waals surface area contributed by atoms with Gasteiger partial charge in [0.2, 0.25) is 0 Å². The summed E-state index contributed by atoms with van der Waals surface area (Å²) in [6.45, 7) is 2.82. The molecule has 2 rings (SSSR count). The second-order valence-electron chi connectivity index (χ2n) is 3.43. The molecule has 0 saturated heterocycles. The number of thiol groups is 1. The minimum absolute atomic E-state index is 0.684. The molecule has 0 atom stereocenters. The van der Waals surface area contributed by atoms with Crippen LogP contribution >= 0.6 is 12.6 Å². The van der Waals surface area contributed by atoms with E-state index < -0.39 is 0 Å². The molecular formula is C11H13N3S. The van der Waals surface area contributed by atoms with Crippen LogP contribution in [-0.4, -0.2) is 14.8 Å². The zero-order valence-electron chi connectivity index (χ0n) is 8.59. The van der Waals surface area contributed by atoms with Crippen molar-refractivity contribution < 1.29 is 0 Å². The Hall–Kier alpha value is -1.29. The molecule has 1 heterocycles. The van der Waals surface area contributed by atoms with Crippen molar-refractivity contribution in [3.63, 3.8) is 0 Å². The van der Waals surface area contributed by atoms with Crippen molar-refractivity contribution in [3.8, 4) is 0 Å². The van der Waals surface area contributed by atoms with Crippen LogP contribution in [0.4, 0.5) is 0 Å². The summed E-state index contributed by atoms with van der Waals surface area (Å²) in [5.41, 5.74) is 1.32. The number of benzene rings is 1. The first-order valence-electron chi connectivity index (χ1n) is 4.90. The van der Waals surface area contributed by atoms with Crippen molar-refractivity contribution >= 4 is 12.6 Å².